The molecule has 0 aliphatic carbocycles. The minimum atomic E-state index is -1.24. The molecule has 12 heavy (non-hydrogen) atoms. The molecule has 5 atom stereocenters. The third-order valence-electron chi connectivity index (χ3n) is 2.13. The van der Waals surface area contributed by atoms with Gasteiger partial charge in [-0.3, -0.25) is 0 Å². The van der Waals surface area contributed by atoms with Crippen molar-refractivity contribution in [3.8, 4) is 0 Å². The fourth-order valence-electron chi connectivity index (χ4n) is 1.29. The van der Waals surface area contributed by atoms with Crippen LogP contribution < -0.4 is 0 Å². The fourth-order valence-corrected chi connectivity index (χ4v) is 1.29. The van der Waals surface area contributed by atoms with E-state index >= 15 is 0 Å². The van der Waals surface area contributed by atoms with Gasteiger partial charge in [0.1, 0.15) is 24.4 Å². The molecule has 0 aromatic rings. The Balaban J connectivity index is 2.63. The zero-order valence-electron chi connectivity index (χ0n) is 6.79. The Labute approximate surface area is 70.2 Å². The highest BCUT2D eigenvalue weighted by atomic mass is 16.5. The normalized spacial score (nSPS) is 49.2. The van der Waals surface area contributed by atoms with E-state index in [0.717, 1.165) is 0 Å². The molecule has 1 aliphatic heterocycles. The van der Waals surface area contributed by atoms with Crippen LogP contribution in [0.3, 0.4) is 0 Å². The summed E-state index contributed by atoms with van der Waals surface area (Å²) >= 11 is 0. The Morgan fingerprint density at radius 2 is 1.67 bits per heavy atom. The molecular formula is C7H14O5. The third-order valence-corrected chi connectivity index (χ3v) is 2.13. The van der Waals surface area contributed by atoms with Gasteiger partial charge in [-0.15, -0.1) is 0 Å². The van der Waals surface area contributed by atoms with Crippen molar-refractivity contribution >= 4 is 0 Å². The largest absolute Gasteiger partial charge is 0.394 e. The molecule has 0 aromatic heterocycles. The first-order valence-electron chi connectivity index (χ1n) is 3.88. The molecule has 0 saturated carbocycles. The van der Waals surface area contributed by atoms with E-state index in [-0.39, 0.29) is 6.61 Å². The van der Waals surface area contributed by atoms with Gasteiger partial charge in [0.05, 0.1) is 12.7 Å². The molecule has 0 spiro atoms. The van der Waals surface area contributed by atoms with E-state index in [1.807, 2.05) is 0 Å². The van der Waals surface area contributed by atoms with Crippen molar-refractivity contribution in [3.63, 3.8) is 0 Å². The lowest BCUT2D eigenvalue weighted by molar-refractivity contribution is -0.224. The predicted octanol–water partition coefficient (Wildman–Crippen LogP) is -2.15. The molecular weight excluding hydrogens is 164 g/mol. The smallest absolute Gasteiger partial charge is 0.111 e. The topological polar surface area (TPSA) is 90.2 Å². The molecule has 1 fully saturated rings. The summed E-state index contributed by atoms with van der Waals surface area (Å²) < 4.78 is 5.02. The molecule has 0 unspecified atom stereocenters. The maximum atomic E-state index is 9.23. The monoisotopic (exact) mass is 178 g/mol. The summed E-state index contributed by atoms with van der Waals surface area (Å²) in [7, 11) is 0. The molecule has 1 aliphatic rings. The van der Waals surface area contributed by atoms with Crippen LogP contribution >= 0.6 is 0 Å². The number of rotatable bonds is 1. The molecule has 1 saturated heterocycles. The van der Waals surface area contributed by atoms with E-state index in [1.54, 1.807) is 6.92 Å². The lowest BCUT2D eigenvalue weighted by Crippen LogP contribution is -2.57. The second-order valence-corrected chi connectivity index (χ2v) is 3.03. The minimum absolute atomic E-state index is 0.366. The highest BCUT2D eigenvalue weighted by Crippen LogP contribution is 2.20. The first kappa shape index (κ1) is 9.88. The van der Waals surface area contributed by atoms with Gasteiger partial charge in [-0.2, -0.15) is 0 Å². The van der Waals surface area contributed by atoms with Crippen LogP contribution in [0.5, 0.6) is 0 Å². The zero-order valence-corrected chi connectivity index (χ0v) is 6.79. The molecule has 0 amide bonds. The van der Waals surface area contributed by atoms with Crippen LogP contribution in [0, 0.1) is 0 Å². The summed E-state index contributed by atoms with van der Waals surface area (Å²) in [5.74, 6) is 0. The maximum Gasteiger partial charge on any atom is 0.111 e. The van der Waals surface area contributed by atoms with E-state index in [9.17, 15) is 15.3 Å². The first-order chi connectivity index (χ1) is 5.57. The Morgan fingerprint density at radius 3 is 2.17 bits per heavy atom. The highest BCUT2D eigenvalue weighted by Gasteiger charge is 2.41. The predicted molar refractivity (Wildman–Crippen MR) is 39.4 cm³/mol. The van der Waals surface area contributed by atoms with E-state index in [2.05, 4.69) is 0 Å². The van der Waals surface area contributed by atoms with Gasteiger partial charge in [0.15, 0.2) is 0 Å². The van der Waals surface area contributed by atoms with Crippen LogP contribution in [0.25, 0.3) is 0 Å². The summed E-state index contributed by atoms with van der Waals surface area (Å²) in [6, 6.07) is 0. The molecule has 4 N–H and O–H groups in total. The van der Waals surface area contributed by atoms with Gasteiger partial charge in [-0.05, 0) is 6.92 Å². The van der Waals surface area contributed by atoms with E-state index in [4.69, 9.17) is 9.84 Å². The van der Waals surface area contributed by atoms with Crippen molar-refractivity contribution in [2.24, 2.45) is 0 Å². The Bertz CT molecular complexity index is 146. The molecule has 5 nitrogen and oxygen atoms in total. The second kappa shape index (κ2) is 3.68. The van der Waals surface area contributed by atoms with E-state index < -0.39 is 30.5 Å². The van der Waals surface area contributed by atoms with Crippen LogP contribution in [0.2, 0.25) is 0 Å². The maximum absolute atomic E-state index is 9.23. The fraction of sp³-hybridized carbons (Fsp3) is 1.00. The van der Waals surface area contributed by atoms with Gasteiger partial charge >= 0.3 is 0 Å². The van der Waals surface area contributed by atoms with Crippen molar-refractivity contribution in [1.29, 1.82) is 0 Å². The van der Waals surface area contributed by atoms with Crippen LogP contribution in [0.4, 0.5) is 0 Å². The number of aliphatic hydroxyl groups is 4. The number of aliphatic hydroxyl groups excluding tert-OH is 4. The lowest BCUT2D eigenvalue weighted by Gasteiger charge is -2.38. The average Bonchev–Trinajstić information content (AvgIpc) is 2.08. The molecule has 0 radical (unpaired) electrons. The molecule has 0 aromatic carbocycles. The standard InChI is InChI=1S/C7H14O5/c1-3-5(9)7(11)6(10)4(2-8)12-3/h3-11H,2H2,1H3/t3-,4+,5-,6+,7+/m0/s1. The van der Waals surface area contributed by atoms with Crippen molar-refractivity contribution in [3.05, 3.63) is 0 Å². The van der Waals surface area contributed by atoms with Gasteiger partial charge in [-0.1, -0.05) is 0 Å². The molecule has 5 heteroatoms. The Kier molecular flexibility index (Phi) is 3.03. The van der Waals surface area contributed by atoms with Gasteiger partial charge in [-0.25, -0.2) is 0 Å². The van der Waals surface area contributed by atoms with Gasteiger partial charge in [0.2, 0.25) is 0 Å². The number of hydrogen-bond donors (Lipinski definition) is 4. The van der Waals surface area contributed by atoms with Crippen LogP contribution in [-0.2, 0) is 4.74 Å². The highest BCUT2D eigenvalue weighted by molar-refractivity contribution is 4.89. The van der Waals surface area contributed by atoms with Crippen molar-refractivity contribution < 1.29 is 25.2 Å². The molecule has 72 valence electrons. The summed E-state index contributed by atoms with van der Waals surface area (Å²) in [6.07, 6.45) is -4.94. The Morgan fingerprint density at radius 1 is 1.08 bits per heavy atom. The summed E-state index contributed by atoms with van der Waals surface area (Å²) in [6.45, 7) is 1.21. The SMILES string of the molecule is C[C@@H]1O[C@H](CO)[C@@H](O)[C@H](O)[C@H]1O. The van der Waals surface area contributed by atoms with E-state index in [0.29, 0.717) is 0 Å². The first-order valence-corrected chi connectivity index (χ1v) is 3.88. The zero-order chi connectivity index (χ0) is 9.30. The van der Waals surface area contributed by atoms with Crippen molar-refractivity contribution in [2.45, 2.75) is 37.4 Å². The van der Waals surface area contributed by atoms with Crippen LogP contribution in [0.1, 0.15) is 6.92 Å². The van der Waals surface area contributed by atoms with Crippen molar-refractivity contribution in [2.75, 3.05) is 6.61 Å². The lowest BCUT2D eigenvalue weighted by atomic mass is 9.96. The number of hydrogen-bond acceptors (Lipinski definition) is 5. The van der Waals surface area contributed by atoms with Gasteiger partial charge < -0.3 is 25.2 Å². The molecule has 1 heterocycles. The average molecular weight is 178 g/mol. The summed E-state index contributed by atoms with van der Waals surface area (Å²) in [5.41, 5.74) is 0. The van der Waals surface area contributed by atoms with Gasteiger partial charge in [0.25, 0.3) is 0 Å². The quantitative estimate of drug-likeness (QED) is 0.367. The molecule has 0 bridgehead atoms. The van der Waals surface area contributed by atoms with Crippen LogP contribution in [-0.4, -0.2) is 57.6 Å². The second-order valence-electron chi connectivity index (χ2n) is 3.03. The number of ether oxygens (including phenoxy) is 1. The van der Waals surface area contributed by atoms with E-state index in [1.165, 1.54) is 0 Å². The molecule has 1 rings (SSSR count). The Hall–Kier alpha value is -0.200. The minimum Gasteiger partial charge on any atom is -0.394 e. The summed E-state index contributed by atoms with van der Waals surface area (Å²) in [4.78, 5) is 0. The van der Waals surface area contributed by atoms with Crippen molar-refractivity contribution in [1.82, 2.24) is 0 Å². The van der Waals surface area contributed by atoms with Gasteiger partial charge in [0, 0.05) is 0 Å². The summed E-state index contributed by atoms with van der Waals surface area (Å²) in [5, 5.41) is 36.4. The third kappa shape index (κ3) is 1.60. The van der Waals surface area contributed by atoms with Crippen LogP contribution in [0.15, 0.2) is 0 Å².